The molecule has 1 N–H and O–H groups in total. The van der Waals surface area contributed by atoms with E-state index in [0.717, 1.165) is 38.0 Å². The highest BCUT2D eigenvalue weighted by Crippen LogP contribution is 2.42. The quantitative estimate of drug-likeness (QED) is 0.869. The SMILES string of the molecule is Cc1ccc(N2CCC3(CC2)Cc2ccccc2NC3=O)cc1. The van der Waals surface area contributed by atoms with E-state index in [1.807, 2.05) is 12.1 Å². The molecule has 2 aromatic carbocycles. The van der Waals surface area contributed by atoms with Crippen LogP contribution in [-0.2, 0) is 11.2 Å². The molecule has 0 bridgehead atoms. The molecular weight excluding hydrogens is 284 g/mol. The lowest BCUT2D eigenvalue weighted by atomic mass is 9.71. The second-order valence-electron chi connectivity index (χ2n) is 6.89. The van der Waals surface area contributed by atoms with Crippen molar-refractivity contribution in [1.82, 2.24) is 0 Å². The summed E-state index contributed by atoms with van der Waals surface area (Å²) in [5.74, 6) is 0.208. The number of carbonyl (C=O) groups excluding carboxylic acids is 1. The van der Waals surface area contributed by atoms with Gasteiger partial charge in [-0.3, -0.25) is 4.79 Å². The lowest BCUT2D eigenvalue weighted by molar-refractivity contribution is -0.127. The van der Waals surface area contributed by atoms with Gasteiger partial charge in [0.05, 0.1) is 5.41 Å². The van der Waals surface area contributed by atoms with Crippen LogP contribution in [-0.4, -0.2) is 19.0 Å². The van der Waals surface area contributed by atoms with Crippen LogP contribution in [0.1, 0.15) is 24.0 Å². The average Bonchev–Trinajstić information content (AvgIpc) is 2.58. The number of piperidine rings is 1. The fourth-order valence-electron chi connectivity index (χ4n) is 3.85. The maximum atomic E-state index is 12.7. The van der Waals surface area contributed by atoms with Crippen molar-refractivity contribution in [2.75, 3.05) is 23.3 Å². The predicted octanol–water partition coefficient (Wildman–Crippen LogP) is 3.78. The summed E-state index contributed by atoms with van der Waals surface area (Å²) < 4.78 is 0. The lowest BCUT2D eigenvalue weighted by Crippen LogP contribution is -2.49. The number of para-hydroxylation sites is 1. The molecule has 0 unspecified atom stereocenters. The van der Waals surface area contributed by atoms with Gasteiger partial charge in [-0.25, -0.2) is 0 Å². The number of carbonyl (C=O) groups is 1. The van der Waals surface area contributed by atoms with Gasteiger partial charge < -0.3 is 10.2 Å². The smallest absolute Gasteiger partial charge is 0.231 e. The van der Waals surface area contributed by atoms with Crippen molar-refractivity contribution in [3.63, 3.8) is 0 Å². The van der Waals surface area contributed by atoms with E-state index in [9.17, 15) is 4.79 Å². The molecule has 2 aliphatic rings. The van der Waals surface area contributed by atoms with Gasteiger partial charge in [-0.2, -0.15) is 0 Å². The zero-order valence-electron chi connectivity index (χ0n) is 13.5. The fourth-order valence-corrected chi connectivity index (χ4v) is 3.85. The molecule has 0 saturated carbocycles. The first-order valence-corrected chi connectivity index (χ1v) is 8.37. The minimum Gasteiger partial charge on any atom is -0.371 e. The number of anilines is 2. The summed E-state index contributed by atoms with van der Waals surface area (Å²) in [6, 6.07) is 16.9. The molecular formula is C20H22N2O. The Morgan fingerprint density at radius 1 is 1.00 bits per heavy atom. The number of amides is 1. The van der Waals surface area contributed by atoms with Crippen LogP contribution < -0.4 is 10.2 Å². The Morgan fingerprint density at radius 3 is 2.43 bits per heavy atom. The van der Waals surface area contributed by atoms with Crippen LogP contribution in [0.5, 0.6) is 0 Å². The highest BCUT2D eigenvalue weighted by Gasteiger charge is 2.44. The van der Waals surface area contributed by atoms with Crippen molar-refractivity contribution < 1.29 is 4.79 Å². The standard InChI is InChI=1S/C20H22N2O/c1-15-6-8-17(9-7-15)22-12-10-20(11-13-22)14-16-4-2-3-5-18(16)21-19(20)23/h2-9H,10-14H2,1H3,(H,21,23). The average molecular weight is 306 g/mol. The van der Waals surface area contributed by atoms with Crippen LogP contribution in [0.2, 0.25) is 0 Å². The first kappa shape index (κ1) is 14.3. The van der Waals surface area contributed by atoms with Gasteiger partial charge >= 0.3 is 0 Å². The molecule has 3 nitrogen and oxygen atoms in total. The van der Waals surface area contributed by atoms with Crippen LogP contribution in [0.25, 0.3) is 0 Å². The summed E-state index contributed by atoms with van der Waals surface area (Å²) in [4.78, 5) is 15.1. The van der Waals surface area contributed by atoms with Gasteiger partial charge in [0, 0.05) is 24.5 Å². The van der Waals surface area contributed by atoms with Crippen molar-refractivity contribution in [3.05, 3.63) is 59.7 Å². The van der Waals surface area contributed by atoms with Gasteiger partial charge in [-0.05, 0) is 49.9 Å². The van der Waals surface area contributed by atoms with Crippen LogP contribution in [0, 0.1) is 12.3 Å². The Morgan fingerprint density at radius 2 is 1.70 bits per heavy atom. The van der Waals surface area contributed by atoms with Crippen molar-refractivity contribution >= 4 is 17.3 Å². The summed E-state index contributed by atoms with van der Waals surface area (Å²) in [7, 11) is 0. The number of hydrogen-bond acceptors (Lipinski definition) is 2. The Balaban J connectivity index is 1.52. The molecule has 1 fully saturated rings. The number of rotatable bonds is 1. The van der Waals surface area contributed by atoms with E-state index in [-0.39, 0.29) is 11.3 Å². The van der Waals surface area contributed by atoms with Gasteiger partial charge in [-0.1, -0.05) is 35.9 Å². The van der Waals surface area contributed by atoms with Gasteiger partial charge in [0.15, 0.2) is 0 Å². The largest absolute Gasteiger partial charge is 0.371 e. The van der Waals surface area contributed by atoms with Crippen molar-refractivity contribution in [3.8, 4) is 0 Å². The lowest BCUT2D eigenvalue weighted by Gasteiger charge is -2.44. The number of nitrogens with zero attached hydrogens (tertiary/aromatic N) is 1. The summed E-state index contributed by atoms with van der Waals surface area (Å²) in [5.41, 5.74) is 4.59. The van der Waals surface area contributed by atoms with E-state index in [4.69, 9.17) is 0 Å². The van der Waals surface area contributed by atoms with Gasteiger partial charge in [0.2, 0.25) is 5.91 Å². The van der Waals surface area contributed by atoms with Crippen molar-refractivity contribution in [1.29, 1.82) is 0 Å². The van der Waals surface area contributed by atoms with E-state index >= 15 is 0 Å². The minimum atomic E-state index is -0.227. The molecule has 1 amide bonds. The van der Waals surface area contributed by atoms with E-state index in [1.54, 1.807) is 0 Å². The molecule has 0 aliphatic carbocycles. The normalized spacial score (nSPS) is 19.3. The van der Waals surface area contributed by atoms with Crippen LogP contribution in [0.15, 0.2) is 48.5 Å². The Hall–Kier alpha value is -2.29. The van der Waals surface area contributed by atoms with Crippen LogP contribution >= 0.6 is 0 Å². The first-order valence-electron chi connectivity index (χ1n) is 8.37. The molecule has 23 heavy (non-hydrogen) atoms. The van der Waals surface area contributed by atoms with Gasteiger partial charge in [0.25, 0.3) is 0 Å². The van der Waals surface area contributed by atoms with Crippen molar-refractivity contribution in [2.45, 2.75) is 26.2 Å². The zero-order valence-corrected chi connectivity index (χ0v) is 13.5. The molecule has 0 radical (unpaired) electrons. The molecule has 0 atom stereocenters. The predicted molar refractivity (Wildman–Crippen MR) is 93.8 cm³/mol. The second kappa shape index (κ2) is 5.41. The fraction of sp³-hybridized carbons (Fsp3) is 0.350. The third-order valence-corrected chi connectivity index (χ3v) is 5.40. The van der Waals surface area contributed by atoms with E-state index in [1.165, 1.54) is 16.8 Å². The zero-order chi connectivity index (χ0) is 15.9. The third-order valence-electron chi connectivity index (χ3n) is 5.40. The van der Waals surface area contributed by atoms with Crippen LogP contribution in [0.3, 0.4) is 0 Å². The maximum absolute atomic E-state index is 12.7. The molecule has 2 aromatic rings. The minimum absolute atomic E-state index is 0.208. The van der Waals surface area contributed by atoms with Crippen LogP contribution in [0.4, 0.5) is 11.4 Å². The monoisotopic (exact) mass is 306 g/mol. The highest BCUT2D eigenvalue weighted by molar-refractivity contribution is 5.98. The van der Waals surface area contributed by atoms with Gasteiger partial charge in [-0.15, -0.1) is 0 Å². The summed E-state index contributed by atoms with van der Waals surface area (Å²) in [5, 5.41) is 3.13. The van der Waals surface area contributed by atoms with E-state index < -0.39 is 0 Å². The number of nitrogens with one attached hydrogen (secondary N) is 1. The molecule has 1 spiro atoms. The summed E-state index contributed by atoms with van der Waals surface area (Å²) >= 11 is 0. The highest BCUT2D eigenvalue weighted by atomic mass is 16.2. The molecule has 118 valence electrons. The summed E-state index contributed by atoms with van der Waals surface area (Å²) in [6.07, 6.45) is 2.71. The van der Waals surface area contributed by atoms with Gasteiger partial charge in [0.1, 0.15) is 0 Å². The number of aryl methyl sites for hydroxylation is 1. The number of fused-ring (bicyclic) bond motifs is 1. The van der Waals surface area contributed by atoms with E-state index in [2.05, 4.69) is 53.5 Å². The summed E-state index contributed by atoms with van der Waals surface area (Å²) in [6.45, 7) is 4.00. The molecule has 3 heteroatoms. The third kappa shape index (κ3) is 2.50. The van der Waals surface area contributed by atoms with E-state index in [0.29, 0.717) is 0 Å². The Labute approximate surface area is 137 Å². The second-order valence-corrected chi connectivity index (χ2v) is 6.89. The number of hydrogen-bond donors (Lipinski definition) is 1. The topological polar surface area (TPSA) is 32.3 Å². The number of benzene rings is 2. The molecule has 2 heterocycles. The molecule has 2 aliphatic heterocycles. The molecule has 0 aromatic heterocycles. The maximum Gasteiger partial charge on any atom is 0.231 e. The first-order chi connectivity index (χ1) is 11.2. The molecule has 4 rings (SSSR count). The van der Waals surface area contributed by atoms with Crippen molar-refractivity contribution in [2.24, 2.45) is 5.41 Å². The molecule has 1 saturated heterocycles. The Bertz CT molecular complexity index is 728. The Kier molecular flexibility index (Phi) is 3.37.